The molecule has 0 aromatic heterocycles. The van der Waals surface area contributed by atoms with Crippen molar-refractivity contribution in [3.63, 3.8) is 0 Å². The van der Waals surface area contributed by atoms with Crippen molar-refractivity contribution in [2.24, 2.45) is 0 Å². The summed E-state index contributed by atoms with van der Waals surface area (Å²) in [6, 6.07) is 0.540. The quantitative estimate of drug-likeness (QED) is 0.659. The van der Waals surface area contributed by atoms with Crippen LogP contribution in [0.1, 0.15) is 40.5 Å². The average molecular weight is 244 g/mol. The van der Waals surface area contributed by atoms with Gasteiger partial charge in [0.05, 0.1) is 7.11 Å². The first kappa shape index (κ1) is 16.4. The Labute approximate surface area is 106 Å². The summed E-state index contributed by atoms with van der Waals surface area (Å²) in [7, 11) is 3.55. The molecule has 4 heteroatoms. The number of carbonyl (C=O) groups is 1. The van der Waals surface area contributed by atoms with Gasteiger partial charge in [0.2, 0.25) is 0 Å². The number of methoxy groups -OCH3 is 1. The van der Waals surface area contributed by atoms with Crippen molar-refractivity contribution in [2.45, 2.75) is 52.1 Å². The number of nitrogens with one attached hydrogen (secondary N) is 1. The summed E-state index contributed by atoms with van der Waals surface area (Å²) in [6.07, 6.45) is 1.78. The van der Waals surface area contributed by atoms with Gasteiger partial charge in [-0.05, 0) is 53.8 Å². The van der Waals surface area contributed by atoms with E-state index in [0.29, 0.717) is 6.04 Å². The number of hydrogen-bond donors (Lipinski definition) is 1. The molecular formula is C13H28N2O2. The van der Waals surface area contributed by atoms with Crippen LogP contribution in [-0.4, -0.2) is 49.7 Å². The van der Waals surface area contributed by atoms with E-state index in [1.807, 2.05) is 13.8 Å². The number of hydrogen-bond acceptors (Lipinski definition) is 4. The van der Waals surface area contributed by atoms with Gasteiger partial charge in [-0.2, -0.15) is 0 Å². The maximum Gasteiger partial charge on any atom is 0.325 e. The number of nitrogens with zero attached hydrogens (tertiary/aromatic N) is 1. The molecule has 0 amide bonds. The Balaban J connectivity index is 4.23. The molecule has 0 spiro atoms. The molecule has 0 saturated heterocycles. The molecule has 0 aromatic rings. The van der Waals surface area contributed by atoms with Gasteiger partial charge in [-0.1, -0.05) is 6.92 Å². The highest BCUT2D eigenvalue weighted by Gasteiger charge is 2.32. The molecule has 0 saturated carbocycles. The molecule has 0 aliphatic carbocycles. The second-order valence-electron chi connectivity index (χ2n) is 5.03. The molecule has 4 nitrogen and oxygen atoms in total. The van der Waals surface area contributed by atoms with Crippen LogP contribution >= 0.6 is 0 Å². The summed E-state index contributed by atoms with van der Waals surface area (Å²) in [5, 5.41) is 3.22. The molecule has 0 aromatic carbocycles. The van der Waals surface area contributed by atoms with E-state index in [1.54, 1.807) is 0 Å². The van der Waals surface area contributed by atoms with Crippen LogP contribution in [-0.2, 0) is 9.53 Å². The van der Waals surface area contributed by atoms with Gasteiger partial charge in [0.15, 0.2) is 0 Å². The van der Waals surface area contributed by atoms with Crippen LogP contribution in [0, 0.1) is 0 Å². The number of rotatable bonds is 8. The monoisotopic (exact) mass is 244 g/mol. The third kappa shape index (κ3) is 5.50. The second kappa shape index (κ2) is 7.67. The van der Waals surface area contributed by atoms with Gasteiger partial charge in [-0.3, -0.25) is 4.79 Å². The summed E-state index contributed by atoms with van der Waals surface area (Å²) < 4.78 is 4.86. The zero-order chi connectivity index (χ0) is 13.5. The topological polar surface area (TPSA) is 41.6 Å². The highest BCUT2D eigenvalue weighted by atomic mass is 16.5. The van der Waals surface area contributed by atoms with Gasteiger partial charge in [0.25, 0.3) is 0 Å². The number of carbonyl (C=O) groups excluding carboxylic acids is 1. The van der Waals surface area contributed by atoms with Crippen molar-refractivity contribution < 1.29 is 9.53 Å². The Morgan fingerprint density at radius 3 is 2.47 bits per heavy atom. The fourth-order valence-corrected chi connectivity index (χ4v) is 1.82. The maximum atomic E-state index is 11.7. The van der Waals surface area contributed by atoms with Gasteiger partial charge < -0.3 is 15.0 Å². The van der Waals surface area contributed by atoms with Crippen molar-refractivity contribution in [1.82, 2.24) is 10.2 Å². The first-order chi connectivity index (χ1) is 7.87. The Kier molecular flexibility index (Phi) is 7.39. The largest absolute Gasteiger partial charge is 0.468 e. The van der Waals surface area contributed by atoms with E-state index >= 15 is 0 Å². The lowest BCUT2D eigenvalue weighted by molar-refractivity contribution is -0.148. The van der Waals surface area contributed by atoms with Gasteiger partial charge in [0, 0.05) is 6.04 Å². The lowest BCUT2D eigenvalue weighted by Gasteiger charge is -2.29. The normalized spacial score (nSPS) is 15.1. The van der Waals surface area contributed by atoms with E-state index in [9.17, 15) is 4.79 Å². The summed E-state index contributed by atoms with van der Waals surface area (Å²) in [6.45, 7) is 10.0. The highest BCUT2D eigenvalue weighted by molar-refractivity contribution is 5.80. The summed E-state index contributed by atoms with van der Waals surface area (Å²) in [5.74, 6) is -0.174. The average Bonchev–Trinajstić information content (AvgIpc) is 2.27. The van der Waals surface area contributed by atoms with E-state index in [-0.39, 0.29) is 5.97 Å². The molecule has 102 valence electrons. The summed E-state index contributed by atoms with van der Waals surface area (Å²) in [5.41, 5.74) is -0.554. The van der Waals surface area contributed by atoms with Crippen LogP contribution in [0.25, 0.3) is 0 Å². The fourth-order valence-electron chi connectivity index (χ4n) is 1.82. The zero-order valence-electron chi connectivity index (χ0n) is 12.2. The minimum Gasteiger partial charge on any atom is -0.468 e. The summed E-state index contributed by atoms with van der Waals surface area (Å²) in [4.78, 5) is 14.0. The molecule has 0 aliphatic rings. The van der Waals surface area contributed by atoms with Crippen molar-refractivity contribution in [1.29, 1.82) is 0 Å². The van der Waals surface area contributed by atoms with E-state index in [0.717, 1.165) is 25.9 Å². The molecule has 0 rings (SSSR count). The minimum atomic E-state index is -0.554. The van der Waals surface area contributed by atoms with Crippen LogP contribution in [0.2, 0.25) is 0 Å². The first-order valence-corrected chi connectivity index (χ1v) is 6.41. The van der Waals surface area contributed by atoms with Gasteiger partial charge >= 0.3 is 5.97 Å². The molecule has 0 bridgehead atoms. The van der Waals surface area contributed by atoms with Crippen molar-refractivity contribution >= 4 is 5.97 Å². The molecule has 1 atom stereocenters. The van der Waals surface area contributed by atoms with Crippen LogP contribution < -0.4 is 5.32 Å². The molecule has 1 unspecified atom stereocenters. The molecule has 0 aliphatic heterocycles. The smallest absolute Gasteiger partial charge is 0.325 e. The van der Waals surface area contributed by atoms with E-state index in [2.05, 4.69) is 31.1 Å². The molecule has 0 radical (unpaired) electrons. The highest BCUT2D eigenvalue weighted by Crippen LogP contribution is 2.15. The molecule has 17 heavy (non-hydrogen) atoms. The van der Waals surface area contributed by atoms with Crippen molar-refractivity contribution in [2.75, 3.05) is 27.2 Å². The zero-order valence-corrected chi connectivity index (χ0v) is 12.2. The predicted molar refractivity (Wildman–Crippen MR) is 71.1 cm³/mol. The van der Waals surface area contributed by atoms with Crippen molar-refractivity contribution in [3.05, 3.63) is 0 Å². The fraction of sp³-hybridized carbons (Fsp3) is 0.923. The predicted octanol–water partition coefficient (Wildman–Crippen LogP) is 1.65. The van der Waals surface area contributed by atoms with Crippen LogP contribution in [0.15, 0.2) is 0 Å². The van der Waals surface area contributed by atoms with Gasteiger partial charge in [0.1, 0.15) is 5.54 Å². The number of ether oxygens (including phenoxy) is 1. The Morgan fingerprint density at radius 1 is 1.47 bits per heavy atom. The maximum absolute atomic E-state index is 11.7. The van der Waals surface area contributed by atoms with Crippen molar-refractivity contribution in [3.8, 4) is 0 Å². The second-order valence-corrected chi connectivity index (χ2v) is 5.03. The lowest BCUT2D eigenvalue weighted by atomic mass is 9.95. The number of likely N-dealkylation sites (N-methyl/N-ethyl adjacent to an activating group) is 1. The minimum absolute atomic E-state index is 0.174. The van der Waals surface area contributed by atoms with Crippen LogP contribution in [0.5, 0.6) is 0 Å². The molecule has 1 N–H and O–H groups in total. The van der Waals surface area contributed by atoms with Crippen LogP contribution in [0.4, 0.5) is 0 Å². The van der Waals surface area contributed by atoms with E-state index in [1.165, 1.54) is 7.11 Å². The third-order valence-corrected chi connectivity index (χ3v) is 3.27. The van der Waals surface area contributed by atoms with Gasteiger partial charge in [-0.15, -0.1) is 0 Å². The lowest BCUT2D eigenvalue weighted by Crippen LogP contribution is -2.50. The Bertz CT molecular complexity index is 231. The van der Waals surface area contributed by atoms with Gasteiger partial charge in [-0.25, -0.2) is 0 Å². The van der Waals surface area contributed by atoms with E-state index < -0.39 is 5.54 Å². The first-order valence-electron chi connectivity index (χ1n) is 6.41. The molecular weight excluding hydrogens is 216 g/mol. The molecule has 0 fully saturated rings. The van der Waals surface area contributed by atoms with E-state index in [4.69, 9.17) is 4.74 Å². The number of esters is 1. The summed E-state index contributed by atoms with van der Waals surface area (Å²) >= 11 is 0. The standard InChI is InChI=1S/C13H28N2O2/c1-7-14-13(4,12(16)17-6)9-8-10-15(5)11(2)3/h11,14H,7-10H2,1-6H3. The SMILES string of the molecule is CCNC(C)(CCCN(C)C(C)C)C(=O)OC. The third-order valence-electron chi connectivity index (χ3n) is 3.27. The van der Waals surface area contributed by atoms with Crippen LogP contribution in [0.3, 0.4) is 0 Å². The Morgan fingerprint density at radius 2 is 2.06 bits per heavy atom. The molecule has 0 heterocycles. The Hall–Kier alpha value is -0.610.